The third-order valence-electron chi connectivity index (χ3n) is 13.5. The molecule has 3 aliphatic heterocycles. The molecule has 9 nitrogen and oxygen atoms in total. The van der Waals surface area contributed by atoms with Crippen LogP contribution in [-0.2, 0) is 20.1 Å². The van der Waals surface area contributed by atoms with Gasteiger partial charge in [-0.2, -0.15) is 92.8 Å². The molecule has 0 atom stereocenters. The van der Waals surface area contributed by atoms with Gasteiger partial charge in [-0.1, -0.05) is 122 Å². The van der Waals surface area contributed by atoms with Crippen LogP contribution < -0.4 is 29.4 Å². The summed E-state index contributed by atoms with van der Waals surface area (Å²) in [6.07, 6.45) is 5.50. The van der Waals surface area contributed by atoms with Gasteiger partial charge < -0.3 is 29.4 Å². The molecule has 0 unspecified atom stereocenters. The van der Waals surface area contributed by atoms with Crippen molar-refractivity contribution in [1.29, 1.82) is 0 Å². The SMILES string of the molecule is Cc1cccc(C)c1-c1ccc[c-]c1N1[CH-]N(C)c2cccnc21.Cc1cccc(C)c1-c1ccc[c-]c1N1[CH-]N(C)c2cccnc21.Cc1cccc(C)c1-c1ccc[c-]c1N1[CH-]N(C)c2cccnc21.[Ir]. The number of fused-ring (bicyclic) bond motifs is 3. The Morgan fingerprint density at radius 1 is 0.342 bits per heavy atom. The van der Waals surface area contributed by atoms with Crippen LogP contribution in [0.5, 0.6) is 0 Å². The predicted molar refractivity (Wildman–Crippen MR) is 298 cm³/mol. The first kappa shape index (κ1) is 50.2. The van der Waals surface area contributed by atoms with Gasteiger partial charge in [0.25, 0.3) is 0 Å². The Morgan fingerprint density at radius 3 is 0.863 bits per heavy atom. The van der Waals surface area contributed by atoms with Crippen LogP contribution in [0, 0.1) is 79.7 Å². The summed E-state index contributed by atoms with van der Waals surface area (Å²) < 4.78 is 0. The summed E-state index contributed by atoms with van der Waals surface area (Å²) in [5, 5.41) is 0. The van der Waals surface area contributed by atoms with Crippen LogP contribution in [0.2, 0.25) is 0 Å². The Hall–Kier alpha value is -7.78. The molecule has 10 heteroatoms. The van der Waals surface area contributed by atoms with E-state index in [0.717, 1.165) is 51.6 Å². The second kappa shape index (κ2) is 21.5. The van der Waals surface area contributed by atoms with E-state index in [4.69, 9.17) is 0 Å². The van der Waals surface area contributed by atoms with E-state index in [0.29, 0.717) is 0 Å². The van der Waals surface area contributed by atoms with Crippen molar-refractivity contribution in [1.82, 2.24) is 15.0 Å². The molecule has 73 heavy (non-hydrogen) atoms. The molecule has 0 amide bonds. The summed E-state index contributed by atoms with van der Waals surface area (Å²) in [4.78, 5) is 26.4. The van der Waals surface area contributed by atoms with Gasteiger partial charge in [0, 0.05) is 55.8 Å². The van der Waals surface area contributed by atoms with Crippen molar-refractivity contribution >= 4 is 51.6 Å². The van der Waals surface area contributed by atoms with Gasteiger partial charge in [0.2, 0.25) is 0 Å². The van der Waals surface area contributed by atoms with E-state index in [2.05, 4.69) is 215 Å². The summed E-state index contributed by atoms with van der Waals surface area (Å²) in [5.74, 6) is 2.82. The number of hydrogen-bond donors (Lipinski definition) is 0. The molecule has 0 fully saturated rings. The quantitative estimate of drug-likeness (QED) is 0.152. The van der Waals surface area contributed by atoms with Gasteiger partial charge in [-0.3, -0.25) is 0 Å². The van der Waals surface area contributed by atoms with Crippen LogP contribution in [0.1, 0.15) is 33.4 Å². The van der Waals surface area contributed by atoms with Crippen LogP contribution in [-0.4, -0.2) is 36.1 Å². The molecule has 9 aromatic rings. The Kier molecular flexibility index (Phi) is 14.8. The van der Waals surface area contributed by atoms with Gasteiger partial charge in [0.1, 0.15) is 17.5 Å². The Bertz CT molecular complexity index is 3010. The summed E-state index contributed by atoms with van der Waals surface area (Å²) in [6.45, 7) is 19.2. The third-order valence-corrected chi connectivity index (χ3v) is 13.5. The number of rotatable bonds is 6. The maximum absolute atomic E-state index is 4.58. The van der Waals surface area contributed by atoms with E-state index >= 15 is 0 Å². The molecule has 0 N–H and O–H groups in total. The van der Waals surface area contributed by atoms with Crippen LogP contribution >= 0.6 is 0 Å². The largest absolute Gasteiger partial charge is 0.502 e. The van der Waals surface area contributed by atoms with E-state index < -0.39 is 0 Å². The van der Waals surface area contributed by atoms with Crippen LogP contribution in [0.15, 0.2) is 164 Å². The van der Waals surface area contributed by atoms with E-state index in [1.807, 2.05) is 94.3 Å². The first-order valence-electron chi connectivity index (χ1n) is 24.2. The average molecular weight is 1130 g/mol. The van der Waals surface area contributed by atoms with Gasteiger partial charge in [-0.05, 0) is 99.1 Å². The molecule has 0 saturated heterocycles. The molecule has 6 aromatic carbocycles. The average Bonchev–Trinajstić information content (AvgIpc) is 4.04. The molecular formula is C63H57IrN9-6. The Balaban J connectivity index is 0.000000134. The van der Waals surface area contributed by atoms with Crippen molar-refractivity contribution in [3.05, 3.63) is 236 Å². The number of para-hydroxylation sites is 3. The number of hydrogen-bond acceptors (Lipinski definition) is 9. The standard InChI is InChI=1S/3C21H19N3.Ir/c3*1-15-8-6-9-16(2)20(15)17-10-4-5-11-18(17)24-14-23(3)19-12-7-13-22-21(19)24;/h3*4-10,12-14H,1-3H3;/q3*-2;. The van der Waals surface area contributed by atoms with Crippen molar-refractivity contribution in [2.75, 3.05) is 50.5 Å². The molecule has 369 valence electrons. The Labute approximate surface area is 445 Å². The zero-order chi connectivity index (χ0) is 50.0. The molecule has 0 spiro atoms. The monoisotopic (exact) mass is 1130 g/mol. The molecular weight excluding hydrogens is 1070 g/mol. The fourth-order valence-electron chi connectivity index (χ4n) is 10.1. The summed E-state index contributed by atoms with van der Waals surface area (Å²) in [7, 11) is 6.13. The maximum Gasteiger partial charge on any atom is 0.124 e. The van der Waals surface area contributed by atoms with E-state index in [1.54, 1.807) is 0 Å². The number of pyridine rings is 3. The van der Waals surface area contributed by atoms with E-state index in [-0.39, 0.29) is 20.1 Å². The summed E-state index contributed by atoms with van der Waals surface area (Å²) in [5.41, 5.74) is 21.3. The number of anilines is 9. The zero-order valence-corrected chi connectivity index (χ0v) is 45.1. The first-order chi connectivity index (χ1) is 35.0. The minimum Gasteiger partial charge on any atom is -0.502 e. The van der Waals surface area contributed by atoms with Crippen LogP contribution in [0.3, 0.4) is 0 Å². The minimum absolute atomic E-state index is 0. The first-order valence-corrected chi connectivity index (χ1v) is 24.2. The van der Waals surface area contributed by atoms with Gasteiger partial charge in [-0.15, -0.1) is 16.7 Å². The van der Waals surface area contributed by atoms with Crippen molar-refractivity contribution in [3.63, 3.8) is 0 Å². The predicted octanol–water partition coefficient (Wildman–Crippen LogP) is 14.6. The van der Waals surface area contributed by atoms with E-state index in [1.165, 1.54) is 66.8 Å². The maximum atomic E-state index is 4.58. The minimum atomic E-state index is 0. The molecule has 3 aliphatic rings. The zero-order valence-electron chi connectivity index (χ0n) is 42.7. The number of nitrogens with zero attached hydrogens (tertiary/aromatic N) is 9. The smallest absolute Gasteiger partial charge is 0.124 e. The molecule has 3 aromatic heterocycles. The topological polar surface area (TPSA) is 58.1 Å². The number of aromatic nitrogens is 3. The molecule has 0 saturated carbocycles. The number of aryl methyl sites for hydroxylation is 6. The van der Waals surface area contributed by atoms with Crippen molar-refractivity contribution in [2.24, 2.45) is 0 Å². The fraction of sp³-hybridized carbons (Fsp3) is 0.143. The van der Waals surface area contributed by atoms with Crippen molar-refractivity contribution in [3.8, 4) is 33.4 Å². The van der Waals surface area contributed by atoms with Crippen molar-refractivity contribution in [2.45, 2.75) is 41.5 Å². The van der Waals surface area contributed by atoms with Crippen molar-refractivity contribution < 1.29 is 20.1 Å². The fourth-order valence-corrected chi connectivity index (χ4v) is 10.1. The second-order valence-corrected chi connectivity index (χ2v) is 18.4. The van der Waals surface area contributed by atoms with Gasteiger partial charge in [-0.25, -0.2) is 15.0 Å². The summed E-state index contributed by atoms with van der Waals surface area (Å²) >= 11 is 0. The second-order valence-electron chi connectivity index (χ2n) is 18.4. The molecule has 12 rings (SSSR count). The van der Waals surface area contributed by atoms with Crippen LogP contribution in [0.25, 0.3) is 33.4 Å². The molecule has 0 bridgehead atoms. The van der Waals surface area contributed by atoms with Gasteiger partial charge >= 0.3 is 0 Å². The molecule has 1 radical (unpaired) electrons. The van der Waals surface area contributed by atoms with Gasteiger partial charge in [0.05, 0.1) is 0 Å². The van der Waals surface area contributed by atoms with Crippen LogP contribution in [0.4, 0.5) is 51.6 Å². The Morgan fingerprint density at radius 2 is 0.603 bits per heavy atom. The molecule has 6 heterocycles. The van der Waals surface area contributed by atoms with Gasteiger partial charge in [0.15, 0.2) is 0 Å². The third kappa shape index (κ3) is 9.68. The summed E-state index contributed by atoms with van der Waals surface area (Å²) in [6, 6.07) is 60.2. The van der Waals surface area contributed by atoms with E-state index in [9.17, 15) is 0 Å². The number of benzene rings is 6. The normalized spacial score (nSPS) is 13.1. The molecule has 0 aliphatic carbocycles.